The maximum atomic E-state index is 12.4. The average Bonchev–Trinajstić information content (AvgIpc) is 3.42. The van der Waals surface area contributed by atoms with Crippen LogP contribution in [0.3, 0.4) is 0 Å². The van der Waals surface area contributed by atoms with E-state index in [-0.39, 0.29) is 18.5 Å². The molecular weight excluding hydrogens is 935 g/mol. The highest BCUT2D eigenvalue weighted by atomic mass is 16.5. The Bertz CT molecular complexity index is 1230. The SMILES string of the molecule is CCCCCCC/C=C\CCCCCCCC(=O)OCCCCCCCCCCCCC/C=C\C/C=C\CCCCCCCCCCCCCCCCCCCC(=O)NC(CO)C(O)CCCCCCCCCCCC. The summed E-state index contributed by atoms with van der Waals surface area (Å²) in [6.45, 7) is 4.94. The summed E-state index contributed by atoms with van der Waals surface area (Å²) in [4.78, 5) is 24.5. The Morgan fingerprint density at radius 3 is 1.01 bits per heavy atom. The van der Waals surface area contributed by atoms with Gasteiger partial charge in [0, 0.05) is 12.8 Å². The second-order valence-electron chi connectivity index (χ2n) is 23.5. The quantitative estimate of drug-likeness (QED) is 0.0320. The Morgan fingerprint density at radius 2 is 0.658 bits per heavy atom. The third-order valence-corrected chi connectivity index (χ3v) is 15.9. The summed E-state index contributed by atoms with van der Waals surface area (Å²) in [5, 5.41) is 23.2. The Balaban J connectivity index is 3.35. The number of amides is 1. The summed E-state index contributed by atoms with van der Waals surface area (Å²) >= 11 is 0. The van der Waals surface area contributed by atoms with Gasteiger partial charge in [-0.25, -0.2) is 0 Å². The number of unbranched alkanes of at least 4 members (excludes halogenated alkanes) is 47. The van der Waals surface area contributed by atoms with E-state index < -0.39 is 12.1 Å². The van der Waals surface area contributed by atoms with Crippen molar-refractivity contribution in [1.29, 1.82) is 0 Å². The van der Waals surface area contributed by atoms with Crippen LogP contribution in [0.15, 0.2) is 36.5 Å². The van der Waals surface area contributed by atoms with Crippen molar-refractivity contribution in [3.63, 3.8) is 0 Å². The molecule has 1 amide bonds. The first-order valence-electron chi connectivity index (χ1n) is 34.2. The molecule has 76 heavy (non-hydrogen) atoms. The van der Waals surface area contributed by atoms with Gasteiger partial charge in [-0.3, -0.25) is 9.59 Å². The van der Waals surface area contributed by atoms with E-state index >= 15 is 0 Å². The molecule has 0 aromatic rings. The largest absolute Gasteiger partial charge is 0.466 e. The highest BCUT2D eigenvalue weighted by Crippen LogP contribution is 2.18. The zero-order valence-corrected chi connectivity index (χ0v) is 51.3. The number of aliphatic hydroxyl groups is 2. The lowest BCUT2D eigenvalue weighted by Crippen LogP contribution is -2.45. The fourth-order valence-corrected chi connectivity index (χ4v) is 10.7. The molecule has 2 atom stereocenters. The van der Waals surface area contributed by atoms with Crippen LogP contribution in [0, 0.1) is 0 Å². The summed E-state index contributed by atoms with van der Waals surface area (Å²) in [5.74, 6) is -0.0247. The van der Waals surface area contributed by atoms with Gasteiger partial charge in [0.25, 0.3) is 0 Å². The fraction of sp³-hybridized carbons (Fsp3) is 0.886. The summed E-state index contributed by atoms with van der Waals surface area (Å²) in [6, 6.07) is -0.538. The van der Waals surface area contributed by atoms with Gasteiger partial charge in [0.05, 0.1) is 25.4 Å². The maximum absolute atomic E-state index is 12.4. The molecule has 0 fully saturated rings. The number of hydrogen-bond acceptors (Lipinski definition) is 5. The van der Waals surface area contributed by atoms with Crippen LogP contribution in [-0.4, -0.2) is 47.4 Å². The number of aliphatic hydroxyl groups excluding tert-OH is 2. The average molecular weight is 1070 g/mol. The second-order valence-corrected chi connectivity index (χ2v) is 23.5. The summed E-state index contributed by atoms with van der Waals surface area (Å²) < 4.78 is 5.48. The van der Waals surface area contributed by atoms with Crippen LogP contribution in [0.1, 0.15) is 373 Å². The molecule has 448 valence electrons. The van der Waals surface area contributed by atoms with E-state index in [4.69, 9.17) is 4.74 Å². The minimum Gasteiger partial charge on any atom is -0.466 e. The van der Waals surface area contributed by atoms with E-state index in [0.29, 0.717) is 25.9 Å². The lowest BCUT2D eigenvalue weighted by Gasteiger charge is -2.22. The minimum absolute atomic E-state index is 0.00833. The molecule has 0 saturated heterocycles. The number of ether oxygens (including phenoxy) is 1. The van der Waals surface area contributed by atoms with Crippen LogP contribution in [0.2, 0.25) is 0 Å². The first-order chi connectivity index (χ1) is 37.5. The summed E-state index contributed by atoms with van der Waals surface area (Å²) in [7, 11) is 0. The number of esters is 1. The Morgan fingerprint density at radius 1 is 0.368 bits per heavy atom. The van der Waals surface area contributed by atoms with E-state index in [1.54, 1.807) is 0 Å². The highest BCUT2D eigenvalue weighted by Gasteiger charge is 2.20. The standard InChI is InChI=1S/C70H133NO5/c1-3-5-7-9-11-13-15-16-41-44-48-52-56-60-64-70(75)76-65-61-57-53-49-45-42-39-37-35-33-31-29-27-25-23-21-19-17-18-20-22-24-26-28-30-32-34-36-38-40-43-47-51-55-59-63-69(74)71-67(66-72)68(73)62-58-54-50-46-14-12-10-8-6-4-2/h15-16,19,21,25,27,67-68,72-73H,3-14,17-18,20,22-24,26,28-66H2,1-2H3,(H,71,74)/b16-15-,21-19-,27-25-. The van der Waals surface area contributed by atoms with Crippen LogP contribution in [-0.2, 0) is 14.3 Å². The molecule has 0 bridgehead atoms. The minimum atomic E-state index is -0.661. The Hall–Kier alpha value is -1.92. The highest BCUT2D eigenvalue weighted by molar-refractivity contribution is 5.76. The number of allylic oxidation sites excluding steroid dienone is 6. The van der Waals surface area contributed by atoms with E-state index in [1.807, 2.05) is 0 Å². The molecule has 0 aromatic heterocycles. The number of carbonyl (C=O) groups excluding carboxylic acids is 2. The van der Waals surface area contributed by atoms with Crippen molar-refractivity contribution in [2.24, 2.45) is 0 Å². The number of nitrogens with one attached hydrogen (secondary N) is 1. The summed E-state index contributed by atoms with van der Waals surface area (Å²) in [5.41, 5.74) is 0. The molecule has 6 nitrogen and oxygen atoms in total. The van der Waals surface area contributed by atoms with Crippen molar-refractivity contribution in [3.8, 4) is 0 Å². The first-order valence-corrected chi connectivity index (χ1v) is 34.2. The molecule has 2 unspecified atom stereocenters. The maximum Gasteiger partial charge on any atom is 0.305 e. The molecular formula is C70H133NO5. The molecule has 6 heteroatoms. The van der Waals surface area contributed by atoms with Crippen molar-refractivity contribution in [2.45, 2.75) is 386 Å². The zero-order chi connectivity index (χ0) is 55.0. The summed E-state index contributed by atoms with van der Waals surface area (Å²) in [6.07, 6.45) is 83.5. The fourth-order valence-electron chi connectivity index (χ4n) is 10.7. The number of hydrogen-bond donors (Lipinski definition) is 3. The topological polar surface area (TPSA) is 95.9 Å². The molecule has 0 saturated carbocycles. The molecule has 0 aliphatic carbocycles. The third-order valence-electron chi connectivity index (χ3n) is 15.9. The van der Waals surface area contributed by atoms with Crippen LogP contribution in [0.25, 0.3) is 0 Å². The van der Waals surface area contributed by atoms with Crippen LogP contribution < -0.4 is 5.32 Å². The molecule has 0 heterocycles. The monoisotopic (exact) mass is 1070 g/mol. The predicted molar refractivity (Wildman–Crippen MR) is 333 cm³/mol. The molecule has 0 aromatic carbocycles. The molecule has 0 aliphatic heterocycles. The molecule has 0 aliphatic rings. The second kappa shape index (κ2) is 65.6. The van der Waals surface area contributed by atoms with E-state index in [0.717, 1.165) is 51.4 Å². The molecule has 0 spiro atoms. The van der Waals surface area contributed by atoms with Crippen molar-refractivity contribution in [3.05, 3.63) is 36.5 Å². The van der Waals surface area contributed by atoms with Gasteiger partial charge in [0.1, 0.15) is 0 Å². The van der Waals surface area contributed by atoms with Gasteiger partial charge in [-0.1, -0.05) is 314 Å². The molecule has 3 N–H and O–H groups in total. The van der Waals surface area contributed by atoms with Crippen molar-refractivity contribution >= 4 is 11.9 Å². The molecule has 0 rings (SSSR count). The van der Waals surface area contributed by atoms with Gasteiger partial charge in [-0.2, -0.15) is 0 Å². The van der Waals surface area contributed by atoms with Crippen LogP contribution in [0.4, 0.5) is 0 Å². The van der Waals surface area contributed by atoms with Crippen molar-refractivity contribution < 1.29 is 24.5 Å². The van der Waals surface area contributed by atoms with Gasteiger partial charge < -0.3 is 20.3 Å². The van der Waals surface area contributed by atoms with Crippen molar-refractivity contribution in [2.75, 3.05) is 13.2 Å². The Labute approximate surface area is 474 Å². The predicted octanol–water partition coefficient (Wildman–Crippen LogP) is 21.9. The van der Waals surface area contributed by atoms with Gasteiger partial charge in [0.2, 0.25) is 5.91 Å². The van der Waals surface area contributed by atoms with E-state index in [2.05, 4.69) is 55.6 Å². The van der Waals surface area contributed by atoms with Crippen LogP contribution >= 0.6 is 0 Å². The lowest BCUT2D eigenvalue weighted by atomic mass is 10.0. The number of carbonyl (C=O) groups is 2. The van der Waals surface area contributed by atoms with E-state index in [9.17, 15) is 19.8 Å². The zero-order valence-electron chi connectivity index (χ0n) is 51.3. The van der Waals surface area contributed by atoms with Gasteiger partial charge in [-0.15, -0.1) is 0 Å². The van der Waals surface area contributed by atoms with Gasteiger partial charge in [-0.05, 0) is 83.5 Å². The smallest absolute Gasteiger partial charge is 0.305 e. The normalized spacial score (nSPS) is 12.7. The van der Waals surface area contributed by atoms with Gasteiger partial charge >= 0.3 is 5.97 Å². The van der Waals surface area contributed by atoms with Gasteiger partial charge in [0.15, 0.2) is 0 Å². The molecule has 0 radical (unpaired) electrons. The first kappa shape index (κ1) is 74.1. The lowest BCUT2D eigenvalue weighted by molar-refractivity contribution is -0.143. The Kier molecular flexibility index (Phi) is 63.9. The number of rotatable bonds is 64. The third kappa shape index (κ3) is 61.3. The van der Waals surface area contributed by atoms with Crippen LogP contribution in [0.5, 0.6) is 0 Å². The van der Waals surface area contributed by atoms with E-state index in [1.165, 1.54) is 289 Å². The van der Waals surface area contributed by atoms with Crippen molar-refractivity contribution in [1.82, 2.24) is 5.32 Å².